The normalized spacial score (nSPS) is 35.0. The maximum atomic E-state index is 5.91. The van der Waals surface area contributed by atoms with Crippen LogP contribution in [0.25, 0.3) is 0 Å². The molecule has 3 rings (SSSR count). The van der Waals surface area contributed by atoms with E-state index < -0.39 is 24.5 Å². The Labute approximate surface area is 123 Å². The van der Waals surface area contributed by atoms with Crippen molar-refractivity contribution in [3.8, 4) is 0 Å². The number of ether oxygens (including phenoxy) is 4. The molecule has 0 N–H and O–H groups in total. The minimum absolute atomic E-state index is 0.400. The summed E-state index contributed by atoms with van der Waals surface area (Å²) in [5.41, 5.74) is 1.60. The summed E-state index contributed by atoms with van der Waals surface area (Å²) in [6, 6.07) is 9.72. The molecule has 0 amide bonds. The molecule has 0 aromatic heterocycles. The molecule has 0 spiro atoms. The number of benzene rings is 1. The zero-order valence-electron chi connectivity index (χ0n) is 12.3. The van der Waals surface area contributed by atoms with Crippen LogP contribution in [0.15, 0.2) is 35.5 Å². The highest BCUT2D eigenvalue weighted by atomic mass is 16.9. The van der Waals surface area contributed by atoms with Gasteiger partial charge in [0.1, 0.15) is 11.8 Å². The van der Waals surface area contributed by atoms with Crippen molar-refractivity contribution < 1.29 is 23.8 Å². The largest absolute Gasteiger partial charge is 0.360 e. The van der Waals surface area contributed by atoms with Gasteiger partial charge in [-0.05, 0) is 6.92 Å². The van der Waals surface area contributed by atoms with Crippen LogP contribution in [0, 0.1) is 0 Å². The molecule has 6 heteroatoms. The molecule has 0 radical (unpaired) electrons. The summed E-state index contributed by atoms with van der Waals surface area (Å²) in [4.78, 5) is 5.44. The van der Waals surface area contributed by atoms with E-state index in [9.17, 15) is 0 Å². The van der Waals surface area contributed by atoms with Gasteiger partial charge in [0, 0.05) is 26.2 Å². The monoisotopic (exact) mass is 293 g/mol. The third-order valence-corrected chi connectivity index (χ3v) is 3.55. The molecule has 1 fully saturated rings. The van der Waals surface area contributed by atoms with E-state index in [1.165, 1.54) is 7.11 Å². The summed E-state index contributed by atoms with van der Waals surface area (Å²) in [5.74, 6) is -1.13. The SMILES string of the molecule is CCO[C@H]1ON=C(c2ccccc2)[C@@H]2OC(C)(OC)O[C@H]12. The Bertz CT molecular complexity index is 520. The lowest BCUT2D eigenvalue weighted by Gasteiger charge is -2.29. The summed E-state index contributed by atoms with van der Waals surface area (Å²) in [7, 11) is 1.53. The smallest absolute Gasteiger partial charge is 0.280 e. The summed E-state index contributed by atoms with van der Waals surface area (Å²) < 4.78 is 22.6. The first kappa shape index (κ1) is 14.5. The van der Waals surface area contributed by atoms with Crippen LogP contribution in [0.3, 0.4) is 0 Å². The van der Waals surface area contributed by atoms with Crippen molar-refractivity contribution in [1.29, 1.82) is 0 Å². The molecular formula is C15H19NO5. The van der Waals surface area contributed by atoms with Gasteiger partial charge in [-0.2, -0.15) is 0 Å². The zero-order valence-corrected chi connectivity index (χ0v) is 12.3. The van der Waals surface area contributed by atoms with Gasteiger partial charge < -0.3 is 23.8 Å². The second-order valence-corrected chi connectivity index (χ2v) is 4.96. The first-order chi connectivity index (χ1) is 10.2. The molecule has 0 aliphatic carbocycles. The van der Waals surface area contributed by atoms with Gasteiger partial charge in [-0.3, -0.25) is 0 Å². The highest BCUT2D eigenvalue weighted by molar-refractivity contribution is 6.04. The van der Waals surface area contributed by atoms with E-state index in [1.54, 1.807) is 6.92 Å². The van der Waals surface area contributed by atoms with Gasteiger partial charge in [-0.15, -0.1) is 0 Å². The molecule has 1 saturated heterocycles. The number of nitrogens with zero attached hydrogens (tertiary/aromatic N) is 1. The maximum Gasteiger partial charge on any atom is 0.280 e. The van der Waals surface area contributed by atoms with Gasteiger partial charge in [0.15, 0.2) is 6.10 Å². The molecule has 1 aromatic carbocycles. The first-order valence-electron chi connectivity index (χ1n) is 6.98. The van der Waals surface area contributed by atoms with Crippen molar-refractivity contribution >= 4 is 5.71 Å². The zero-order chi connectivity index (χ0) is 14.9. The van der Waals surface area contributed by atoms with Crippen molar-refractivity contribution in [1.82, 2.24) is 0 Å². The van der Waals surface area contributed by atoms with Crippen molar-refractivity contribution in [2.45, 2.75) is 38.3 Å². The number of methoxy groups -OCH3 is 1. The fourth-order valence-electron chi connectivity index (χ4n) is 2.48. The Hall–Kier alpha value is -1.47. The summed E-state index contributed by atoms with van der Waals surface area (Å²) in [6.45, 7) is 4.11. The number of oxime groups is 1. The van der Waals surface area contributed by atoms with E-state index in [4.69, 9.17) is 23.8 Å². The lowest BCUT2D eigenvalue weighted by atomic mass is 10.0. The Balaban J connectivity index is 1.92. The average molecular weight is 293 g/mol. The van der Waals surface area contributed by atoms with Crippen LogP contribution >= 0.6 is 0 Å². The Kier molecular flexibility index (Phi) is 3.95. The summed E-state index contributed by atoms with van der Waals surface area (Å²) in [5, 5.41) is 4.17. The highest BCUT2D eigenvalue weighted by Crippen LogP contribution is 2.36. The molecule has 114 valence electrons. The van der Waals surface area contributed by atoms with Crippen LogP contribution in [-0.2, 0) is 23.8 Å². The lowest BCUT2D eigenvalue weighted by Crippen LogP contribution is -2.46. The van der Waals surface area contributed by atoms with Gasteiger partial charge >= 0.3 is 0 Å². The first-order valence-corrected chi connectivity index (χ1v) is 6.98. The predicted molar refractivity (Wildman–Crippen MR) is 74.6 cm³/mol. The van der Waals surface area contributed by atoms with E-state index in [2.05, 4.69) is 5.16 Å². The van der Waals surface area contributed by atoms with Crippen LogP contribution in [0.1, 0.15) is 19.4 Å². The van der Waals surface area contributed by atoms with Gasteiger partial charge in [0.05, 0.1) is 0 Å². The quantitative estimate of drug-likeness (QED) is 0.848. The van der Waals surface area contributed by atoms with E-state index in [1.807, 2.05) is 37.3 Å². The van der Waals surface area contributed by atoms with Crippen LogP contribution in [0.5, 0.6) is 0 Å². The minimum atomic E-state index is -1.13. The Morgan fingerprint density at radius 2 is 2.00 bits per heavy atom. The number of rotatable bonds is 4. The molecule has 1 aromatic rings. The van der Waals surface area contributed by atoms with Crippen molar-refractivity contribution in [3.63, 3.8) is 0 Å². The Morgan fingerprint density at radius 3 is 2.67 bits per heavy atom. The van der Waals surface area contributed by atoms with Crippen LogP contribution in [0.4, 0.5) is 0 Å². The topological polar surface area (TPSA) is 58.5 Å². The second-order valence-electron chi connectivity index (χ2n) is 4.96. The van der Waals surface area contributed by atoms with Crippen LogP contribution in [-0.4, -0.2) is 43.9 Å². The van der Waals surface area contributed by atoms with Gasteiger partial charge in [0.25, 0.3) is 12.3 Å². The molecular weight excluding hydrogens is 274 g/mol. The fraction of sp³-hybridized carbons (Fsp3) is 0.533. The van der Waals surface area contributed by atoms with E-state index in [-0.39, 0.29) is 0 Å². The van der Waals surface area contributed by atoms with Crippen molar-refractivity contribution in [3.05, 3.63) is 35.9 Å². The average Bonchev–Trinajstić information content (AvgIpc) is 2.87. The highest BCUT2D eigenvalue weighted by Gasteiger charge is 2.54. The molecule has 1 unspecified atom stereocenters. The second kappa shape index (κ2) is 5.73. The molecule has 0 bridgehead atoms. The minimum Gasteiger partial charge on any atom is -0.360 e. The molecule has 2 heterocycles. The molecule has 6 nitrogen and oxygen atoms in total. The maximum absolute atomic E-state index is 5.91. The lowest BCUT2D eigenvalue weighted by molar-refractivity contribution is -0.326. The van der Waals surface area contributed by atoms with Crippen molar-refractivity contribution in [2.75, 3.05) is 13.7 Å². The third kappa shape index (κ3) is 2.67. The molecule has 2 aliphatic rings. The standard InChI is InChI=1S/C15H19NO5/c1-4-18-14-13-12(19-15(2,17-3)20-13)11(16-21-14)10-8-6-5-7-9-10/h5-9,12-14H,4H2,1-3H3/t12-,13-,14-,15?/m0/s1. The molecule has 2 aliphatic heterocycles. The fourth-order valence-corrected chi connectivity index (χ4v) is 2.48. The van der Waals surface area contributed by atoms with Gasteiger partial charge in [-0.1, -0.05) is 35.5 Å². The van der Waals surface area contributed by atoms with E-state index in [0.29, 0.717) is 12.3 Å². The van der Waals surface area contributed by atoms with Crippen LogP contribution < -0.4 is 0 Å². The van der Waals surface area contributed by atoms with Crippen molar-refractivity contribution in [2.24, 2.45) is 5.16 Å². The Morgan fingerprint density at radius 1 is 1.24 bits per heavy atom. The number of hydrogen-bond acceptors (Lipinski definition) is 6. The predicted octanol–water partition coefficient (Wildman–Crippen LogP) is 1.89. The number of fused-ring (bicyclic) bond motifs is 1. The summed E-state index contributed by atoms with van der Waals surface area (Å²) >= 11 is 0. The van der Waals surface area contributed by atoms with Gasteiger partial charge in [0.2, 0.25) is 0 Å². The number of hydrogen-bond donors (Lipinski definition) is 0. The molecule has 4 atom stereocenters. The molecule has 0 saturated carbocycles. The van der Waals surface area contributed by atoms with Crippen LogP contribution in [0.2, 0.25) is 0 Å². The summed E-state index contributed by atoms with van der Waals surface area (Å²) in [6.07, 6.45) is -1.44. The molecule has 21 heavy (non-hydrogen) atoms. The van der Waals surface area contributed by atoms with E-state index in [0.717, 1.165) is 5.56 Å². The third-order valence-electron chi connectivity index (χ3n) is 3.55. The van der Waals surface area contributed by atoms with Gasteiger partial charge in [-0.25, -0.2) is 0 Å². The van der Waals surface area contributed by atoms with E-state index >= 15 is 0 Å².